The van der Waals surface area contributed by atoms with Crippen LogP contribution in [0.15, 0.2) is 17.8 Å². The smallest absolute Gasteiger partial charge is 0.112 e. The van der Waals surface area contributed by atoms with E-state index in [0.29, 0.717) is 0 Å². The van der Waals surface area contributed by atoms with Crippen LogP contribution in [0.2, 0.25) is 0 Å². The van der Waals surface area contributed by atoms with Crippen molar-refractivity contribution in [3.8, 4) is 0 Å². The van der Waals surface area contributed by atoms with Crippen LogP contribution in [0.5, 0.6) is 0 Å². The molecule has 17 heavy (non-hydrogen) atoms. The van der Waals surface area contributed by atoms with E-state index >= 15 is 0 Å². The first-order valence-electron chi connectivity index (χ1n) is 5.70. The first-order valence-corrected chi connectivity index (χ1v) is 7.40. The maximum Gasteiger partial charge on any atom is 0.112 e. The van der Waals surface area contributed by atoms with Gasteiger partial charge in [-0.2, -0.15) is 0 Å². The third kappa shape index (κ3) is 3.12. The van der Waals surface area contributed by atoms with Gasteiger partial charge in [-0.15, -0.1) is 22.7 Å². The van der Waals surface area contributed by atoms with Crippen molar-refractivity contribution in [2.24, 2.45) is 0 Å². The molecular formula is C12H17N3S2. The van der Waals surface area contributed by atoms with Gasteiger partial charge in [-0.25, -0.2) is 9.97 Å². The van der Waals surface area contributed by atoms with E-state index in [-0.39, 0.29) is 5.54 Å². The van der Waals surface area contributed by atoms with Gasteiger partial charge in [-0.1, -0.05) is 6.92 Å². The number of nitrogens with one attached hydrogen (secondary N) is 1. The number of aromatic nitrogens is 2. The monoisotopic (exact) mass is 267 g/mol. The molecule has 0 fully saturated rings. The van der Waals surface area contributed by atoms with Gasteiger partial charge in [0, 0.05) is 29.2 Å². The van der Waals surface area contributed by atoms with Crippen LogP contribution in [0.3, 0.4) is 0 Å². The molecule has 0 amide bonds. The van der Waals surface area contributed by atoms with E-state index < -0.39 is 0 Å². The maximum atomic E-state index is 4.37. The van der Waals surface area contributed by atoms with Crippen LogP contribution in [0.25, 0.3) is 0 Å². The highest BCUT2D eigenvalue weighted by Crippen LogP contribution is 2.23. The summed E-state index contributed by atoms with van der Waals surface area (Å²) in [6.07, 6.45) is 4.83. The largest absolute Gasteiger partial charge is 0.301 e. The second-order valence-corrected chi connectivity index (χ2v) is 6.48. The van der Waals surface area contributed by atoms with Crippen LogP contribution < -0.4 is 5.32 Å². The van der Waals surface area contributed by atoms with E-state index in [4.69, 9.17) is 0 Å². The molecule has 0 atom stereocenters. The third-order valence-electron chi connectivity index (χ3n) is 2.58. The molecule has 3 nitrogen and oxygen atoms in total. The zero-order valence-corrected chi connectivity index (χ0v) is 12.0. The lowest BCUT2D eigenvalue weighted by Gasteiger charge is -2.23. The Labute approximate surface area is 110 Å². The summed E-state index contributed by atoms with van der Waals surface area (Å²) >= 11 is 3.47. The Bertz CT molecular complexity index is 460. The van der Waals surface area contributed by atoms with Crippen molar-refractivity contribution in [2.45, 2.75) is 39.3 Å². The van der Waals surface area contributed by atoms with Gasteiger partial charge < -0.3 is 5.32 Å². The summed E-state index contributed by atoms with van der Waals surface area (Å²) in [7, 11) is 0. The summed E-state index contributed by atoms with van der Waals surface area (Å²) in [5, 5.41) is 7.87. The van der Waals surface area contributed by atoms with Gasteiger partial charge >= 0.3 is 0 Å². The zero-order chi connectivity index (χ0) is 12.3. The van der Waals surface area contributed by atoms with Crippen molar-refractivity contribution in [1.29, 1.82) is 0 Å². The van der Waals surface area contributed by atoms with Gasteiger partial charge in [0.1, 0.15) is 5.01 Å². The molecule has 2 aromatic heterocycles. The number of thiazole rings is 2. The standard InChI is InChI=1S/C12H17N3S2/c1-4-10-14-7-9(17-10)8-15-12(2,3)11-13-5-6-16-11/h5-7,15H,4,8H2,1-3H3. The summed E-state index contributed by atoms with van der Waals surface area (Å²) in [4.78, 5) is 10.0. The summed E-state index contributed by atoms with van der Waals surface area (Å²) in [5.74, 6) is 0. The molecule has 5 heteroatoms. The molecule has 0 bridgehead atoms. The molecule has 2 rings (SSSR count). The van der Waals surface area contributed by atoms with E-state index in [1.165, 1.54) is 9.88 Å². The molecule has 0 spiro atoms. The molecule has 0 aromatic carbocycles. The van der Waals surface area contributed by atoms with Crippen molar-refractivity contribution in [3.63, 3.8) is 0 Å². The van der Waals surface area contributed by atoms with Crippen LogP contribution in [-0.4, -0.2) is 9.97 Å². The fraction of sp³-hybridized carbons (Fsp3) is 0.500. The van der Waals surface area contributed by atoms with Gasteiger partial charge in [0.2, 0.25) is 0 Å². The summed E-state index contributed by atoms with van der Waals surface area (Å²) < 4.78 is 0. The normalized spacial score (nSPS) is 11.9. The van der Waals surface area contributed by atoms with Crippen molar-refractivity contribution in [1.82, 2.24) is 15.3 Å². The Balaban J connectivity index is 1.97. The summed E-state index contributed by atoms with van der Waals surface area (Å²) in [6.45, 7) is 7.31. The van der Waals surface area contributed by atoms with E-state index in [9.17, 15) is 0 Å². The summed E-state index contributed by atoms with van der Waals surface area (Å²) in [6, 6.07) is 0. The van der Waals surface area contributed by atoms with Crippen molar-refractivity contribution >= 4 is 22.7 Å². The lowest BCUT2D eigenvalue weighted by Crippen LogP contribution is -2.35. The molecular weight excluding hydrogens is 250 g/mol. The molecule has 0 aliphatic rings. The number of aryl methyl sites for hydroxylation is 1. The average molecular weight is 267 g/mol. The fourth-order valence-electron chi connectivity index (χ4n) is 1.51. The second kappa shape index (κ2) is 5.25. The van der Waals surface area contributed by atoms with Crippen LogP contribution in [0, 0.1) is 0 Å². The molecule has 2 heterocycles. The molecule has 0 saturated heterocycles. The molecule has 0 radical (unpaired) electrons. The number of rotatable bonds is 5. The highest BCUT2D eigenvalue weighted by molar-refractivity contribution is 7.11. The van der Waals surface area contributed by atoms with Crippen LogP contribution in [0.1, 0.15) is 35.7 Å². The minimum Gasteiger partial charge on any atom is -0.301 e. The van der Waals surface area contributed by atoms with Gasteiger partial charge in [0.05, 0.1) is 10.5 Å². The summed E-state index contributed by atoms with van der Waals surface area (Å²) in [5.41, 5.74) is -0.0788. The lowest BCUT2D eigenvalue weighted by molar-refractivity contribution is 0.401. The Morgan fingerprint density at radius 1 is 1.35 bits per heavy atom. The molecule has 0 aliphatic carbocycles. The number of hydrogen-bond acceptors (Lipinski definition) is 5. The molecule has 2 aromatic rings. The third-order valence-corrected chi connectivity index (χ3v) is 4.81. The highest BCUT2D eigenvalue weighted by Gasteiger charge is 2.22. The van der Waals surface area contributed by atoms with Crippen LogP contribution in [-0.2, 0) is 18.5 Å². The van der Waals surface area contributed by atoms with Gasteiger partial charge in [0.15, 0.2) is 0 Å². The molecule has 0 aliphatic heterocycles. The van der Waals surface area contributed by atoms with E-state index in [0.717, 1.165) is 18.0 Å². The Kier molecular flexibility index (Phi) is 3.91. The number of nitrogens with zero attached hydrogens (tertiary/aromatic N) is 2. The fourth-order valence-corrected chi connectivity index (χ4v) is 3.05. The first-order chi connectivity index (χ1) is 8.12. The Morgan fingerprint density at radius 3 is 2.76 bits per heavy atom. The topological polar surface area (TPSA) is 37.8 Å². The average Bonchev–Trinajstić information content (AvgIpc) is 2.98. The second-order valence-electron chi connectivity index (χ2n) is 4.39. The zero-order valence-electron chi connectivity index (χ0n) is 10.4. The van der Waals surface area contributed by atoms with Gasteiger partial charge in [0.25, 0.3) is 0 Å². The van der Waals surface area contributed by atoms with Crippen molar-refractivity contribution < 1.29 is 0 Å². The molecule has 92 valence electrons. The predicted molar refractivity (Wildman–Crippen MR) is 73.5 cm³/mol. The quantitative estimate of drug-likeness (QED) is 0.904. The lowest BCUT2D eigenvalue weighted by atomic mass is 10.1. The van der Waals surface area contributed by atoms with Gasteiger partial charge in [-0.05, 0) is 20.3 Å². The SMILES string of the molecule is CCc1ncc(CNC(C)(C)c2nccs2)s1. The highest BCUT2D eigenvalue weighted by atomic mass is 32.1. The van der Waals surface area contributed by atoms with Crippen LogP contribution >= 0.6 is 22.7 Å². The van der Waals surface area contributed by atoms with Crippen molar-refractivity contribution in [3.05, 3.63) is 32.7 Å². The first kappa shape index (κ1) is 12.7. The van der Waals surface area contributed by atoms with Gasteiger partial charge in [-0.3, -0.25) is 0 Å². The van der Waals surface area contributed by atoms with Crippen LogP contribution in [0.4, 0.5) is 0 Å². The minimum atomic E-state index is -0.0788. The van der Waals surface area contributed by atoms with E-state index in [1.807, 2.05) is 17.8 Å². The predicted octanol–water partition coefficient (Wildman–Crippen LogP) is 3.19. The molecule has 0 unspecified atom stereocenters. The Hall–Kier alpha value is -0.780. The van der Waals surface area contributed by atoms with E-state index in [2.05, 4.69) is 36.1 Å². The van der Waals surface area contributed by atoms with Crippen molar-refractivity contribution in [2.75, 3.05) is 0 Å². The Morgan fingerprint density at radius 2 is 2.18 bits per heavy atom. The maximum absolute atomic E-state index is 4.37. The number of hydrogen-bond donors (Lipinski definition) is 1. The molecule has 1 N–H and O–H groups in total. The minimum absolute atomic E-state index is 0.0788. The van der Waals surface area contributed by atoms with E-state index in [1.54, 1.807) is 22.7 Å². The molecule has 0 saturated carbocycles.